The molecule has 2 aliphatic heterocycles. The molecule has 4 saturated carbocycles. The number of benzene rings is 3. The number of likely N-dealkylation sites (N-methyl/N-ethyl adjacent to an activating group) is 1. The highest BCUT2D eigenvalue weighted by molar-refractivity contribution is 5.98. The Balaban J connectivity index is 1.03. The molecular weight excluding hydrogens is 658 g/mol. The summed E-state index contributed by atoms with van der Waals surface area (Å²) in [5.41, 5.74) is 4.34. The summed E-state index contributed by atoms with van der Waals surface area (Å²) in [4.78, 5) is 43.7. The van der Waals surface area contributed by atoms with Gasteiger partial charge in [-0.25, -0.2) is 0 Å². The molecule has 0 spiro atoms. The number of rotatable bonds is 9. The van der Waals surface area contributed by atoms with E-state index >= 15 is 0 Å². The molecule has 2 heterocycles. The Morgan fingerprint density at radius 2 is 1.90 bits per heavy atom. The fraction of sp³-hybridized carbons (Fsp3) is 0.512. The van der Waals surface area contributed by atoms with Crippen molar-refractivity contribution in [2.75, 3.05) is 45.4 Å². The van der Waals surface area contributed by atoms with Crippen LogP contribution in [0.2, 0.25) is 0 Å². The summed E-state index contributed by atoms with van der Waals surface area (Å²) in [7, 11) is 3.61. The number of non-ortho nitro benzene ring substituents is 1. The molecular formula is C41H49N5O6. The fourth-order valence-corrected chi connectivity index (χ4v) is 10.1. The number of anilines is 1. The zero-order valence-corrected chi connectivity index (χ0v) is 30.7. The van der Waals surface area contributed by atoms with E-state index < -0.39 is 16.5 Å². The average Bonchev–Trinajstić information content (AvgIpc) is 3.85. The molecule has 7 atom stereocenters. The average molecular weight is 708 g/mol. The van der Waals surface area contributed by atoms with Crippen molar-refractivity contribution in [1.82, 2.24) is 15.5 Å². The summed E-state index contributed by atoms with van der Waals surface area (Å²) >= 11 is 0. The first-order chi connectivity index (χ1) is 24.9. The van der Waals surface area contributed by atoms with Gasteiger partial charge in [0.2, 0.25) is 5.91 Å². The van der Waals surface area contributed by atoms with E-state index in [1.165, 1.54) is 29.8 Å². The first kappa shape index (κ1) is 34.6. The summed E-state index contributed by atoms with van der Waals surface area (Å²) in [5, 5.41) is 18.8. The number of amides is 2. The minimum Gasteiger partial charge on any atom is -0.496 e. The molecule has 5 fully saturated rings. The second kappa shape index (κ2) is 12.9. The molecule has 3 aromatic carbocycles. The number of carbonyl (C=O) groups is 2. The van der Waals surface area contributed by atoms with Crippen molar-refractivity contribution in [2.24, 2.45) is 23.2 Å². The van der Waals surface area contributed by atoms with Crippen LogP contribution in [0.1, 0.15) is 67.4 Å². The molecule has 2 N–H and O–H groups in total. The van der Waals surface area contributed by atoms with Crippen LogP contribution in [0.5, 0.6) is 5.75 Å². The highest BCUT2D eigenvalue weighted by Crippen LogP contribution is 2.61. The van der Waals surface area contributed by atoms with Gasteiger partial charge in [-0.05, 0) is 65.7 Å². The molecule has 0 aromatic heterocycles. The molecule has 2 unspecified atom stereocenters. The van der Waals surface area contributed by atoms with Crippen LogP contribution in [0.15, 0.2) is 60.7 Å². The van der Waals surface area contributed by atoms with Crippen LogP contribution >= 0.6 is 0 Å². The zero-order valence-electron chi connectivity index (χ0n) is 30.7. The van der Waals surface area contributed by atoms with Crippen molar-refractivity contribution in [1.29, 1.82) is 0 Å². The standard InChI is InChI=1S/C41H49N5O6/c1-24-32-18-28(40(32,2)3)19-34(24)42-39(48)36-22-52-14-13-45(36)21-25-9-8-11-30(37(25)51-5)26-15-27(17-29(16-26)46(49)50)38(47)43-41-20-33(41)31-10-6-7-12-35(31)44(4)23-41/h6-12,15-17,24,28,32-34,36H,13-14,18-23H2,1-5H3,(H,42,48)(H,43,47)/t24-,28+,32-,33?,34-,36-,41?/m0/s1. The number of morpholine rings is 1. The summed E-state index contributed by atoms with van der Waals surface area (Å²) in [6, 6.07) is 18.2. The number of nitro groups is 1. The number of methoxy groups -OCH3 is 1. The fourth-order valence-electron chi connectivity index (χ4n) is 10.1. The Labute approximate surface area is 305 Å². The smallest absolute Gasteiger partial charge is 0.270 e. The number of hydrogen-bond donors (Lipinski definition) is 2. The molecule has 11 nitrogen and oxygen atoms in total. The lowest BCUT2D eigenvalue weighted by Crippen LogP contribution is -2.63. The monoisotopic (exact) mass is 707 g/mol. The predicted octanol–water partition coefficient (Wildman–Crippen LogP) is 5.76. The van der Waals surface area contributed by atoms with E-state index in [2.05, 4.69) is 53.3 Å². The second-order valence-electron chi connectivity index (χ2n) is 16.4. The van der Waals surface area contributed by atoms with Gasteiger partial charge >= 0.3 is 0 Å². The van der Waals surface area contributed by atoms with Gasteiger partial charge in [0, 0.05) is 73.2 Å². The van der Waals surface area contributed by atoms with Crippen LogP contribution in [0.3, 0.4) is 0 Å². The summed E-state index contributed by atoms with van der Waals surface area (Å²) in [5.74, 6) is 2.09. The first-order valence-corrected chi connectivity index (χ1v) is 18.6. The normalized spacial score (nSPS) is 29.9. The van der Waals surface area contributed by atoms with Crippen LogP contribution in [0.25, 0.3) is 11.1 Å². The maximum Gasteiger partial charge on any atom is 0.270 e. The second-order valence-corrected chi connectivity index (χ2v) is 16.4. The Kier molecular flexibility index (Phi) is 8.57. The van der Waals surface area contributed by atoms with Crippen molar-refractivity contribution in [3.8, 4) is 16.9 Å². The third kappa shape index (κ3) is 5.82. The predicted molar refractivity (Wildman–Crippen MR) is 198 cm³/mol. The largest absolute Gasteiger partial charge is 0.496 e. The lowest BCUT2D eigenvalue weighted by atomic mass is 9.45. The molecule has 52 heavy (non-hydrogen) atoms. The number of nitrogens with zero attached hydrogens (tertiary/aromatic N) is 3. The molecule has 4 aliphatic carbocycles. The van der Waals surface area contributed by atoms with Crippen molar-refractivity contribution in [3.63, 3.8) is 0 Å². The van der Waals surface area contributed by atoms with Crippen LogP contribution in [0.4, 0.5) is 11.4 Å². The lowest BCUT2D eigenvalue weighted by Gasteiger charge is -2.62. The van der Waals surface area contributed by atoms with E-state index in [-0.39, 0.29) is 35.0 Å². The molecule has 6 aliphatic rings. The van der Waals surface area contributed by atoms with Gasteiger partial charge < -0.3 is 25.0 Å². The van der Waals surface area contributed by atoms with E-state index in [1.807, 2.05) is 37.4 Å². The number of fused-ring (bicyclic) bond motifs is 5. The molecule has 3 aromatic rings. The van der Waals surface area contributed by atoms with Crippen molar-refractivity contribution < 1.29 is 24.0 Å². The summed E-state index contributed by atoms with van der Waals surface area (Å²) < 4.78 is 11.8. The Bertz CT molecular complexity index is 1930. The van der Waals surface area contributed by atoms with Crippen LogP contribution < -0.4 is 20.3 Å². The summed E-state index contributed by atoms with van der Waals surface area (Å²) in [6.45, 7) is 9.48. The third-order valence-corrected chi connectivity index (χ3v) is 13.3. The molecule has 274 valence electrons. The van der Waals surface area contributed by atoms with E-state index in [4.69, 9.17) is 9.47 Å². The molecule has 2 amide bonds. The van der Waals surface area contributed by atoms with E-state index in [0.717, 1.165) is 18.4 Å². The quantitative estimate of drug-likeness (QED) is 0.212. The molecule has 9 rings (SSSR count). The van der Waals surface area contributed by atoms with Gasteiger partial charge in [-0.3, -0.25) is 24.6 Å². The van der Waals surface area contributed by atoms with Gasteiger partial charge in [-0.2, -0.15) is 0 Å². The number of ether oxygens (including phenoxy) is 2. The van der Waals surface area contributed by atoms with Crippen molar-refractivity contribution >= 4 is 23.2 Å². The van der Waals surface area contributed by atoms with E-state index in [0.29, 0.717) is 72.9 Å². The number of carbonyl (C=O) groups excluding carboxylic acids is 2. The van der Waals surface area contributed by atoms with E-state index in [1.54, 1.807) is 13.2 Å². The highest BCUT2D eigenvalue weighted by atomic mass is 16.6. The lowest BCUT2D eigenvalue weighted by molar-refractivity contribution is -0.384. The summed E-state index contributed by atoms with van der Waals surface area (Å²) in [6.07, 6.45) is 3.08. The minimum absolute atomic E-state index is 0.00914. The number of hydrogen-bond acceptors (Lipinski definition) is 8. The van der Waals surface area contributed by atoms with Crippen LogP contribution in [0, 0.1) is 33.3 Å². The van der Waals surface area contributed by atoms with Gasteiger partial charge in [0.15, 0.2) is 0 Å². The van der Waals surface area contributed by atoms with E-state index in [9.17, 15) is 19.7 Å². The molecule has 11 heteroatoms. The highest BCUT2D eigenvalue weighted by Gasteiger charge is 2.60. The Morgan fingerprint density at radius 1 is 1.10 bits per heavy atom. The Hall–Kier alpha value is -4.48. The van der Waals surface area contributed by atoms with Gasteiger partial charge in [-0.1, -0.05) is 57.2 Å². The zero-order chi connectivity index (χ0) is 36.5. The van der Waals surface area contributed by atoms with Crippen LogP contribution in [-0.2, 0) is 16.1 Å². The van der Waals surface area contributed by atoms with Gasteiger partial charge in [-0.15, -0.1) is 0 Å². The maximum atomic E-state index is 13.9. The topological polar surface area (TPSA) is 126 Å². The van der Waals surface area contributed by atoms with Gasteiger partial charge in [0.1, 0.15) is 11.8 Å². The van der Waals surface area contributed by atoms with Crippen molar-refractivity contribution in [3.05, 3.63) is 87.5 Å². The minimum atomic E-state index is -0.464. The first-order valence-electron chi connectivity index (χ1n) is 18.6. The maximum absolute atomic E-state index is 13.9. The molecule has 0 radical (unpaired) electrons. The van der Waals surface area contributed by atoms with Gasteiger partial charge in [0.25, 0.3) is 11.6 Å². The molecule has 1 saturated heterocycles. The third-order valence-electron chi connectivity index (χ3n) is 13.3. The number of nitrogens with one attached hydrogen (secondary N) is 2. The number of para-hydroxylation sites is 2. The van der Waals surface area contributed by atoms with Crippen LogP contribution in [-0.4, -0.2) is 79.7 Å². The Morgan fingerprint density at radius 3 is 2.65 bits per heavy atom. The molecule has 2 bridgehead atoms. The SMILES string of the molecule is COc1c(CN2CCOC[C@H]2C(=O)N[C@H]2C[C@H]3C[C@@H]([C@@H]2C)C3(C)C)cccc1-c1cc(C(=O)NC23CC2c2ccccc2N(C)C3)cc([N+](=O)[O-])c1. The number of nitro benzene ring substituents is 1. The van der Waals surface area contributed by atoms with Crippen molar-refractivity contribution in [2.45, 2.75) is 70.1 Å². The van der Waals surface area contributed by atoms with Gasteiger partial charge in [0.05, 0.1) is 30.8 Å².